The van der Waals surface area contributed by atoms with Gasteiger partial charge in [-0.15, -0.1) is 0 Å². The SMILES string of the molecule is COc1ccc(NC(=O)N[C@@H]2CCC[C@@H]2CO)cc1Br. The van der Waals surface area contributed by atoms with Crippen LogP contribution >= 0.6 is 15.9 Å². The molecule has 0 radical (unpaired) electrons. The van der Waals surface area contributed by atoms with Gasteiger partial charge in [0.1, 0.15) is 5.75 Å². The van der Waals surface area contributed by atoms with Crippen molar-refractivity contribution in [2.45, 2.75) is 25.3 Å². The van der Waals surface area contributed by atoms with Crippen molar-refractivity contribution in [3.8, 4) is 5.75 Å². The second-order valence-electron chi connectivity index (χ2n) is 4.93. The molecule has 0 bridgehead atoms. The highest BCUT2D eigenvalue weighted by Crippen LogP contribution is 2.28. The fourth-order valence-corrected chi connectivity index (χ4v) is 3.07. The number of urea groups is 1. The summed E-state index contributed by atoms with van der Waals surface area (Å²) >= 11 is 3.38. The third kappa shape index (κ3) is 3.64. The number of nitrogens with one attached hydrogen (secondary N) is 2. The molecule has 0 spiro atoms. The summed E-state index contributed by atoms with van der Waals surface area (Å²) in [4.78, 5) is 11.9. The van der Waals surface area contributed by atoms with Gasteiger partial charge in [-0.3, -0.25) is 0 Å². The Bertz CT molecular complexity index is 481. The second kappa shape index (κ2) is 6.95. The van der Waals surface area contributed by atoms with Crippen LogP contribution in [0.15, 0.2) is 22.7 Å². The van der Waals surface area contributed by atoms with Crippen LogP contribution in [-0.4, -0.2) is 30.9 Å². The van der Waals surface area contributed by atoms with Gasteiger partial charge in [0.25, 0.3) is 0 Å². The molecule has 1 fully saturated rings. The van der Waals surface area contributed by atoms with Crippen LogP contribution in [0, 0.1) is 5.92 Å². The maximum Gasteiger partial charge on any atom is 0.319 e. The molecule has 2 amide bonds. The first-order chi connectivity index (χ1) is 9.63. The van der Waals surface area contributed by atoms with E-state index in [0.717, 1.165) is 23.7 Å². The van der Waals surface area contributed by atoms with E-state index in [1.165, 1.54) is 0 Å². The smallest absolute Gasteiger partial charge is 0.319 e. The molecule has 0 unspecified atom stereocenters. The molecule has 1 aliphatic rings. The van der Waals surface area contributed by atoms with Crippen molar-refractivity contribution in [2.24, 2.45) is 5.92 Å². The van der Waals surface area contributed by atoms with Gasteiger partial charge in [-0.05, 0) is 47.0 Å². The van der Waals surface area contributed by atoms with E-state index >= 15 is 0 Å². The Labute approximate surface area is 126 Å². The van der Waals surface area contributed by atoms with Crippen molar-refractivity contribution in [1.82, 2.24) is 5.32 Å². The maximum atomic E-state index is 11.9. The van der Waals surface area contributed by atoms with Gasteiger partial charge in [0.15, 0.2) is 0 Å². The zero-order valence-corrected chi connectivity index (χ0v) is 12.9. The minimum atomic E-state index is -0.243. The first-order valence-corrected chi connectivity index (χ1v) is 7.45. The molecule has 0 aliphatic heterocycles. The number of hydrogen-bond acceptors (Lipinski definition) is 3. The Kier molecular flexibility index (Phi) is 5.25. The highest BCUT2D eigenvalue weighted by atomic mass is 79.9. The van der Waals surface area contributed by atoms with E-state index in [9.17, 15) is 9.90 Å². The van der Waals surface area contributed by atoms with E-state index in [1.807, 2.05) is 0 Å². The van der Waals surface area contributed by atoms with E-state index in [1.54, 1.807) is 25.3 Å². The zero-order valence-electron chi connectivity index (χ0n) is 11.4. The van der Waals surface area contributed by atoms with Crippen molar-refractivity contribution in [2.75, 3.05) is 19.0 Å². The highest BCUT2D eigenvalue weighted by molar-refractivity contribution is 9.10. The Morgan fingerprint density at radius 1 is 1.50 bits per heavy atom. The first kappa shape index (κ1) is 15.1. The van der Waals surface area contributed by atoms with Crippen molar-refractivity contribution in [3.63, 3.8) is 0 Å². The van der Waals surface area contributed by atoms with Crippen molar-refractivity contribution >= 4 is 27.6 Å². The molecule has 5 nitrogen and oxygen atoms in total. The Balaban J connectivity index is 1.92. The van der Waals surface area contributed by atoms with Gasteiger partial charge in [-0.25, -0.2) is 4.79 Å². The molecule has 6 heteroatoms. The molecule has 1 aliphatic carbocycles. The molecule has 110 valence electrons. The number of benzene rings is 1. The number of halogens is 1. The molecular weight excluding hydrogens is 324 g/mol. The van der Waals surface area contributed by atoms with Crippen molar-refractivity contribution in [1.29, 1.82) is 0 Å². The van der Waals surface area contributed by atoms with Gasteiger partial charge in [0.2, 0.25) is 0 Å². The van der Waals surface area contributed by atoms with Crippen LogP contribution < -0.4 is 15.4 Å². The number of methoxy groups -OCH3 is 1. The Morgan fingerprint density at radius 3 is 2.95 bits per heavy atom. The number of rotatable bonds is 4. The lowest BCUT2D eigenvalue weighted by molar-refractivity contribution is 0.203. The lowest BCUT2D eigenvalue weighted by Gasteiger charge is -2.19. The molecule has 2 rings (SSSR count). The summed E-state index contributed by atoms with van der Waals surface area (Å²) in [6.45, 7) is 0.124. The number of hydrogen-bond donors (Lipinski definition) is 3. The average Bonchev–Trinajstić information content (AvgIpc) is 2.86. The molecular formula is C14H19BrN2O3. The third-order valence-electron chi connectivity index (χ3n) is 3.62. The fourth-order valence-electron chi connectivity index (χ4n) is 2.53. The normalized spacial score (nSPS) is 21.6. The lowest BCUT2D eigenvalue weighted by atomic mass is 10.1. The molecule has 1 saturated carbocycles. The fraction of sp³-hybridized carbons (Fsp3) is 0.500. The molecule has 3 N–H and O–H groups in total. The van der Waals surface area contributed by atoms with Gasteiger partial charge in [-0.1, -0.05) is 6.42 Å². The number of ether oxygens (including phenoxy) is 1. The molecule has 1 aromatic rings. The van der Waals surface area contributed by atoms with E-state index in [-0.39, 0.29) is 24.6 Å². The summed E-state index contributed by atoms with van der Waals surface area (Å²) in [5, 5.41) is 14.9. The average molecular weight is 343 g/mol. The molecule has 0 saturated heterocycles. The largest absolute Gasteiger partial charge is 0.496 e. The van der Waals surface area contributed by atoms with Crippen molar-refractivity contribution in [3.05, 3.63) is 22.7 Å². The molecule has 20 heavy (non-hydrogen) atoms. The molecule has 1 aromatic carbocycles. The Hall–Kier alpha value is -1.27. The predicted molar refractivity (Wildman–Crippen MR) is 81.1 cm³/mol. The monoisotopic (exact) mass is 342 g/mol. The summed E-state index contributed by atoms with van der Waals surface area (Å²) < 4.78 is 5.92. The lowest BCUT2D eigenvalue weighted by Crippen LogP contribution is -2.41. The topological polar surface area (TPSA) is 70.6 Å². The summed E-state index contributed by atoms with van der Waals surface area (Å²) in [5.41, 5.74) is 0.689. The van der Waals surface area contributed by atoms with E-state index < -0.39 is 0 Å². The van der Waals surface area contributed by atoms with Crippen LogP contribution in [0.5, 0.6) is 5.75 Å². The van der Waals surface area contributed by atoms with Gasteiger partial charge in [0.05, 0.1) is 11.6 Å². The third-order valence-corrected chi connectivity index (χ3v) is 4.24. The second-order valence-corrected chi connectivity index (χ2v) is 5.78. The minimum Gasteiger partial charge on any atom is -0.496 e. The van der Waals surface area contributed by atoms with Gasteiger partial charge >= 0.3 is 6.03 Å². The summed E-state index contributed by atoms with van der Waals surface area (Å²) in [5.74, 6) is 0.885. The van der Waals surface area contributed by atoms with Crippen LogP contribution in [-0.2, 0) is 0 Å². The number of anilines is 1. The van der Waals surface area contributed by atoms with Gasteiger partial charge in [-0.2, -0.15) is 0 Å². The quantitative estimate of drug-likeness (QED) is 0.787. The number of carbonyl (C=O) groups is 1. The number of carbonyl (C=O) groups excluding carboxylic acids is 1. The standard InChI is InChI=1S/C14H19BrN2O3/c1-20-13-6-5-10(7-11(13)15)16-14(19)17-12-4-2-3-9(12)8-18/h5-7,9,12,18H,2-4,8H2,1H3,(H2,16,17,19)/t9-,12-/m1/s1. The number of aliphatic hydroxyl groups is 1. The molecule has 0 heterocycles. The van der Waals surface area contributed by atoms with E-state index in [0.29, 0.717) is 11.4 Å². The minimum absolute atomic E-state index is 0.0571. The van der Waals surface area contributed by atoms with Crippen LogP contribution in [0.25, 0.3) is 0 Å². The summed E-state index contributed by atoms with van der Waals surface area (Å²) in [6, 6.07) is 5.16. The van der Waals surface area contributed by atoms with Gasteiger partial charge < -0.3 is 20.5 Å². The van der Waals surface area contributed by atoms with Crippen molar-refractivity contribution < 1.29 is 14.6 Å². The van der Waals surface area contributed by atoms with Crippen LogP contribution in [0.3, 0.4) is 0 Å². The predicted octanol–water partition coefficient (Wildman–Crippen LogP) is 2.74. The first-order valence-electron chi connectivity index (χ1n) is 6.66. The number of amides is 2. The van der Waals surface area contributed by atoms with Gasteiger partial charge in [0, 0.05) is 24.3 Å². The zero-order chi connectivity index (χ0) is 14.5. The Morgan fingerprint density at radius 2 is 2.30 bits per heavy atom. The van der Waals surface area contributed by atoms with Crippen LogP contribution in [0.2, 0.25) is 0 Å². The number of aliphatic hydroxyl groups excluding tert-OH is 1. The molecule has 0 aromatic heterocycles. The van der Waals surface area contributed by atoms with E-state index in [4.69, 9.17) is 4.74 Å². The summed E-state index contributed by atoms with van der Waals surface area (Å²) in [7, 11) is 1.59. The molecule has 2 atom stereocenters. The summed E-state index contributed by atoms with van der Waals surface area (Å²) in [6.07, 6.45) is 2.94. The highest BCUT2D eigenvalue weighted by Gasteiger charge is 2.27. The van der Waals surface area contributed by atoms with Crippen LogP contribution in [0.4, 0.5) is 10.5 Å². The van der Waals surface area contributed by atoms with Crippen LogP contribution in [0.1, 0.15) is 19.3 Å². The van der Waals surface area contributed by atoms with E-state index in [2.05, 4.69) is 26.6 Å². The maximum absolute atomic E-state index is 11.9.